The summed E-state index contributed by atoms with van der Waals surface area (Å²) in [6, 6.07) is 20.0. The molecule has 3 aromatic carbocycles. The van der Waals surface area contributed by atoms with Gasteiger partial charge in [-0.3, -0.25) is 19.8 Å². The molecule has 0 fully saturated rings. The highest BCUT2D eigenvalue weighted by Crippen LogP contribution is 2.37. The summed E-state index contributed by atoms with van der Waals surface area (Å²) < 4.78 is 10.4. The summed E-state index contributed by atoms with van der Waals surface area (Å²) in [5.74, 6) is -0.160. The largest absolute Gasteiger partial charge is 0.464 e. The fourth-order valence-electron chi connectivity index (χ4n) is 4.37. The predicted molar refractivity (Wildman–Crippen MR) is 184 cm³/mol. The molecular weight excluding hydrogens is 671 g/mol. The Bertz CT molecular complexity index is 1740. The zero-order chi connectivity index (χ0) is 32.5. The number of nitrogen functional groups attached to an aromatic ring is 1. The summed E-state index contributed by atoms with van der Waals surface area (Å²) in [5.41, 5.74) is 9.82. The van der Waals surface area contributed by atoms with Gasteiger partial charge in [0.05, 0.1) is 21.4 Å². The van der Waals surface area contributed by atoms with Crippen LogP contribution in [0.1, 0.15) is 17.5 Å². The highest BCUT2D eigenvalue weighted by Gasteiger charge is 2.26. The lowest BCUT2D eigenvalue weighted by Crippen LogP contribution is -2.29. The van der Waals surface area contributed by atoms with Crippen molar-refractivity contribution < 1.29 is 23.9 Å². The Morgan fingerprint density at radius 2 is 1.46 bits per heavy atom. The number of nitrogens with one attached hydrogen (secondary N) is 1. The van der Waals surface area contributed by atoms with E-state index < -0.39 is 18.5 Å². The molecule has 46 heavy (non-hydrogen) atoms. The van der Waals surface area contributed by atoms with Crippen molar-refractivity contribution in [1.29, 1.82) is 0 Å². The summed E-state index contributed by atoms with van der Waals surface area (Å²) in [5, 5.41) is 10.8. The lowest BCUT2D eigenvalue weighted by atomic mass is 10.1. The molecule has 1 aliphatic heterocycles. The number of anilines is 4. The van der Waals surface area contributed by atoms with E-state index in [1.807, 2.05) is 60.7 Å². The third kappa shape index (κ3) is 8.29. The van der Waals surface area contributed by atoms with Crippen molar-refractivity contribution in [3.8, 4) is 11.3 Å². The van der Waals surface area contributed by atoms with Gasteiger partial charge in [-0.1, -0.05) is 105 Å². The van der Waals surface area contributed by atoms with Crippen LogP contribution in [0.5, 0.6) is 0 Å². The molecule has 0 saturated heterocycles. The van der Waals surface area contributed by atoms with Crippen molar-refractivity contribution in [2.45, 2.75) is 6.42 Å². The molecule has 0 saturated carbocycles. The standard InChI is InChI=1S/C31H26Cl2N6O5S2/c32-22-9-5-8-21(27(22)33)28-29(34)35-30(38-37-28)36-31(42)44-15-17-46-45-16-14-43-26(41)18-25(40)39-23-10-3-1-6-19(23)12-13-20-7-2-4-11-24(20)39/h1-13H,14-18H2,(H3,34,35,36,38,42). The second-order valence-electron chi connectivity index (χ2n) is 9.45. The fourth-order valence-corrected chi connectivity index (χ4v) is 6.41. The summed E-state index contributed by atoms with van der Waals surface area (Å²) in [4.78, 5) is 43.5. The smallest absolute Gasteiger partial charge is 0.414 e. The third-order valence-electron chi connectivity index (χ3n) is 6.39. The summed E-state index contributed by atoms with van der Waals surface area (Å²) >= 11 is 12.3. The SMILES string of the molecule is Nc1nc(NC(=O)OCCSSCCOC(=O)CC(=O)N2c3ccccc3C=Cc3ccccc32)nnc1-c1cccc(Cl)c1Cl. The minimum absolute atomic E-state index is 0.00129. The normalized spacial score (nSPS) is 11.7. The van der Waals surface area contributed by atoms with Gasteiger partial charge in [-0.15, -0.1) is 10.2 Å². The van der Waals surface area contributed by atoms with Crippen LogP contribution in [0.4, 0.5) is 27.9 Å². The number of esters is 1. The molecule has 11 nitrogen and oxygen atoms in total. The molecule has 0 aliphatic carbocycles. The summed E-state index contributed by atoms with van der Waals surface area (Å²) in [6.07, 6.45) is 2.73. The monoisotopic (exact) mass is 696 g/mol. The van der Waals surface area contributed by atoms with Crippen LogP contribution in [0.25, 0.3) is 23.4 Å². The molecule has 0 spiro atoms. The number of fused-ring (bicyclic) bond motifs is 2. The molecule has 2 amide bonds. The average Bonchev–Trinajstić information content (AvgIpc) is 3.21. The van der Waals surface area contributed by atoms with E-state index in [9.17, 15) is 14.4 Å². The fraction of sp³-hybridized carbons (Fsp3) is 0.161. The van der Waals surface area contributed by atoms with Crippen LogP contribution in [-0.4, -0.2) is 57.9 Å². The van der Waals surface area contributed by atoms with Crippen molar-refractivity contribution in [2.75, 3.05) is 40.7 Å². The van der Waals surface area contributed by atoms with Gasteiger partial charge < -0.3 is 15.2 Å². The molecule has 236 valence electrons. The molecule has 0 radical (unpaired) electrons. The third-order valence-corrected chi connectivity index (χ3v) is 9.54. The lowest BCUT2D eigenvalue weighted by Gasteiger charge is -2.24. The van der Waals surface area contributed by atoms with Gasteiger partial charge in [0.25, 0.3) is 5.95 Å². The molecule has 2 heterocycles. The molecule has 5 rings (SSSR count). The van der Waals surface area contributed by atoms with E-state index >= 15 is 0 Å². The van der Waals surface area contributed by atoms with E-state index in [2.05, 4.69) is 20.5 Å². The second kappa shape index (κ2) is 15.8. The highest BCUT2D eigenvalue weighted by atomic mass is 35.5. The molecule has 3 N–H and O–H groups in total. The van der Waals surface area contributed by atoms with Crippen molar-refractivity contribution in [1.82, 2.24) is 15.2 Å². The number of amides is 2. The quantitative estimate of drug-likeness (QED) is 0.0713. The van der Waals surface area contributed by atoms with Crippen LogP contribution < -0.4 is 16.0 Å². The van der Waals surface area contributed by atoms with Gasteiger partial charge in [-0.2, -0.15) is 4.98 Å². The van der Waals surface area contributed by atoms with Crippen molar-refractivity contribution in [2.24, 2.45) is 0 Å². The highest BCUT2D eigenvalue weighted by molar-refractivity contribution is 8.76. The molecule has 0 unspecified atom stereocenters. The van der Waals surface area contributed by atoms with Gasteiger partial charge in [0.2, 0.25) is 5.91 Å². The number of ether oxygens (including phenoxy) is 2. The number of aromatic nitrogens is 3. The Hall–Kier alpha value is -4.30. The van der Waals surface area contributed by atoms with Crippen LogP contribution in [-0.2, 0) is 19.1 Å². The van der Waals surface area contributed by atoms with Crippen LogP contribution in [0, 0.1) is 0 Å². The minimum Gasteiger partial charge on any atom is -0.464 e. The van der Waals surface area contributed by atoms with E-state index in [0.29, 0.717) is 33.5 Å². The number of rotatable bonds is 11. The lowest BCUT2D eigenvalue weighted by molar-refractivity contribution is -0.145. The van der Waals surface area contributed by atoms with Gasteiger partial charge in [0.1, 0.15) is 25.3 Å². The van der Waals surface area contributed by atoms with E-state index in [-0.39, 0.29) is 41.6 Å². The Labute approximate surface area is 282 Å². The van der Waals surface area contributed by atoms with Crippen LogP contribution >= 0.6 is 44.8 Å². The first-order chi connectivity index (χ1) is 22.3. The van der Waals surface area contributed by atoms with Gasteiger partial charge in [-0.25, -0.2) is 4.79 Å². The van der Waals surface area contributed by atoms with Crippen molar-refractivity contribution in [3.05, 3.63) is 87.9 Å². The maximum Gasteiger partial charge on any atom is 0.414 e. The molecule has 1 aliphatic rings. The second-order valence-corrected chi connectivity index (χ2v) is 12.9. The van der Waals surface area contributed by atoms with Gasteiger partial charge in [0.15, 0.2) is 5.82 Å². The molecule has 0 atom stereocenters. The first-order valence-electron chi connectivity index (χ1n) is 13.8. The Morgan fingerprint density at radius 1 is 0.826 bits per heavy atom. The minimum atomic E-state index is -0.774. The Morgan fingerprint density at radius 3 is 2.11 bits per heavy atom. The average molecular weight is 698 g/mol. The van der Waals surface area contributed by atoms with E-state index in [1.165, 1.54) is 21.6 Å². The molecule has 15 heteroatoms. The maximum atomic E-state index is 13.3. The van der Waals surface area contributed by atoms with E-state index in [4.69, 9.17) is 38.4 Å². The van der Waals surface area contributed by atoms with Crippen LogP contribution in [0.15, 0.2) is 66.7 Å². The summed E-state index contributed by atoms with van der Waals surface area (Å²) in [7, 11) is 2.87. The topological polar surface area (TPSA) is 150 Å². The molecule has 1 aromatic heterocycles. The Kier molecular flexibility index (Phi) is 11.4. The predicted octanol–water partition coefficient (Wildman–Crippen LogP) is 7.14. The summed E-state index contributed by atoms with van der Waals surface area (Å²) in [6.45, 7) is 0.229. The van der Waals surface area contributed by atoms with Gasteiger partial charge in [-0.05, 0) is 29.3 Å². The molecule has 0 bridgehead atoms. The number of nitrogens with two attached hydrogens (primary N) is 1. The number of carbonyl (C=O) groups is 3. The zero-order valence-electron chi connectivity index (χ0n) is 24.0. The van der Waals surface area contributed by atoms with E-state index in [0.717, 1.165) is 11.1 Å². The number of benzene rings is 3. The van der Waals surface area contributed by atoms with Gasteiger partial charge >= 0.3 is 12.1 Å². The van der Waals surface area contributed by atoms with Crippen molar-refractivity contribution in [3.63, 3.8) is 0 Å². The van der Waals surface area contributed by atoms with E-state index in [1.54, 1.807) is 23.1 Å². The number of para-hydroxylation sites is 2. The van der Waals surface area contributed by atoms with Crippen LogP contribution in [0.2, 0.25) is 10.0 Å². The first-order valence-corrected chi connectivity index (χ1v) is 17.0. The maximum absolute atomic E-state index is 13.3. The number of hydrogen-bond donors (Lipinski definition) is 2. The molecular formula is C31H26Cl2N6O5S2. The number of carbonyl (C=O) groups excluding carboxylic acids is 3. The first kappa shape index (κ1) is 33.1. The number of nitrogens with zero attached hydrogens (tertiary/aromatic N) is 4. The number of halogens is 2. The number of hydrogen-bond acceptors (Lipinski definition) is 11. The zero-order valence-corrected chi connectivity index (χ0v) is 27.2. The molecule has 4 aromatic rings. The van der Waals surface area contributed by atoms with Gasteiger partial charge in [0, 0.05) is 17.1 Å². The van der Waals surface area contributed by atoms with Crippen molar-refractivity contribution >= 4 is 98.1 Å². The van der Waals surface area contributed by atoms with Crippen LogP contribution in [0.3, 0.4) is 0 Å². The Balaban J connectivity index is 0.991.